The summed E-state index contributed by atoms with van der Waals surface area (Å²) in [5.41, 5.74) is 18.8. The maximum atomic E-state index is 6.52. The third kappa shape index (κ3) is 7.02. The monoisotopic (exact) mass is 841 g/mol. The van der Waals surface area contributed by atoms with E-state index in [1.807, 2.05) is 12.1 Å². The summed E-state index contributed by atoms with van der Waals surface area (Å²) in [5.74, 6) is 0. The Hall–Kier alpha value is -8.72. The van der Waals surface area contributed by atoms with Crippen molar-refractivity contribution in [2.45, 2.75) is 0 Å². The van der Waals surface area contributed by atoms with Gasteiger partial charge in [-0.3, -0.25) is 0 Å². The van der Waals surface area contributed by atoms with E-state index in [1.165, 1.54) is 44.2 Å². The van der Waals surface area contributed by atoms with Crippen LogP contribution in [-0.4, -0.2) is 0 Å². The predicted octanol–water partition coefficient (Wildman–Crippen LogP) is 18.2. The molecule has 1 aromatic heterocycles. The summed E-state index contributed by atoms with van der Waals surface area (Å²) >= 11 is 0. The van der Waals surface area contributed by atoms with Crippen LogP contribution >= 0.6 is 0 Å². The molecule has 0 N–H and O–H groups in total. The SMILES string of the molecule is c1ccc(-c2ccc(-c3ccccc3-c3ccccc3)c(-c3ccccc3N(c3ccc(-c4cccc5c4oc4ccccc45)cc3)c3cccc(-c4cccc5ccccc45)c3)c2)cc1. The minimum Gasteiger partial charge on any atom is -0.455 e. The molecule has 0 fully saturated rings. The molecule has 310 valence electrons. The fourth-order valence-electron chi connectivity index (χ4n) is 9.78. The number of benzene rings is 11. The van der Waals surface area contributed by atoms with Crippen molar-refractivity contribution in [1.29, 1.82) is 0 Å². The predicted molar refractivity (Wildman–Crippen MR) is 279 cm³/mol. The lowest BCUT2D eigenvalue weighted by Gasteiger charge is -2.29. The smallest absolute Gasteiger partial charge is 0.143 e. The number of rotatable bonds is 9. The number of anilines is 3. The Morgan fingerprint density at radius 1 is 0.258 bits per heavy atom. The summed E-state index contributed by atoms with van der Waals surface area (Å²) in [6, 6.07) is 94.0. The Morgan fingerprint density at radius 2 is 0.803 bits per heavy atom. The molecule has 2 nitrogen and oxygen atoms in total. The molecule has 0 bridgehead atoms. The lowest BCUT2D eigenvalue weighted by atomic mass is 9.86. The highest BCUT2D eigenvalue weighted by atomic mass is 16.3. The second-order valence-electron chi connectivity index (χ2n) is 16.8. The number of hydrogen-bond acceptors (Lipinski definition) is 2. The second-order valence-corrected chi connectivity index (χ2v) is 16.8. The molecular weight excluding hydrogens is 799 g/mol. The van der Waals surface area contributed by atoms with Gasteiger partial charge in [-0.15, -0.1) is 0 Å². The highest BCUT2D eigenvalue weighted by molar-refractivity contribution is 6.10. The van der Waals surface area contributed by atoms with Crippen LogP contribution in [0.2, 0.25) is 0 Å². The summed E-state index contributed by atoms with van der Waals surface area (Å²) in [5, 5.41) is 4.70. The van der Waals surface area contributed by atoms with Gasteiger partial charge in [-0.2, -0.15) is 0 Å². The van der Waals surface area contributed by atoms with Crippen LogP contribution in [0.15, 0.2) is 265 Å². The lowest BCUT2D eigenvalue weighted by molar-refractivity contribution is 0.670. The molecule has 0 radical (unpaired) electrons. The molecule has 0 saturated carbocycles. The maximum Gasteiger partial charge on any atom is 0.143 e. The number of hydrogen-bond donors (Lipinski definition) is 0. The van der Waals surface area contributed by atoms with E-state index in [1.54, 1.807) is 0 Å². The second kappa shape index (κ2) is 16.8. The number of fused-ring (bicyclic) bond motifs is 4. The van der Waals surface area contributed by atoms with Gasteiger partial charge >= 0.3 is 0 Å². The summed E-state index contributed by atoms with van der Waals surface area (Å²) in [7, 11) is 0. The Kier molecular flexibility index (Phi) is 9.89. The number of nitrogens with zero attached hydrogens (tertiary/aromatic N) is 1. The highest BCUT2D eigenvalue weighted by Crippen LogP contribution is 2.47. The summed E-state index contributed by atoms with van der Waals surface area (Å²) in [4.78, 5) is 2.43. The molecule has 0 aliphatic rings. The molecule has 0 aliphatic heterocycles. The van der Waals surface area contributed by atoms with Gasteiger partial charge in [0.25, 0.3) is 0 Å². The number of furan rings is 1. The molecule has 2 heteroatoms. The average molecular weight is 842 g/mol. The molecule has 0 spiro atoms. The van der Waals surface area contributed by atoms with E-state index < -0.39 is 0 Å². The highest BCUT2D eigenvalue weighted by Gasteiger charge is 2.22. The Morgan fingerprint density at radius 3 is 1.64 bits per heavy atom. The molecule has 12 aromatic rings. The lowest BCUT2D eigenvalue weighted by Crippen LogP contribution is -2.11. The van der Waals surface area contributed by atoms with Crippen molar-refractivity contribution < 1.29 is 4.42 Å². The van der Waals surface area contributed by atoms with E-state index >= 15 is 0 Å². The zero-order chi connectivity index (χ0) is 43.8. The first kappa shape index (κ1) is 38.9. The molecule has 0 amide bonds. The van der Waals surface area contributed by atoms with Crippen molar-refractivity contribution in [3.8, 4) is 66.8 Å². The van der Waals surface area contributed by atoms with E-state index in [-0.39, 0.29) is 0 Å². The van der Waals surface area contributed by atoms with Gasteiger partial charge in [-0.1, -0.05) is 218 Å². The standard InChI is InChI=1S/C64H43NO/c1-3-18-44(19-4-1)48-38-41-57(56-28-10-9-27-53(56)45-20-5-2-6-21-45)61(43-48)58-29-11-13-34-62(58)65(51-25-15-24-49(42-51)54-31-16-23-46-22-7-8-26-52(46)54)50-39-36-47(37-40-50)55-32-17-33-60-59-30-12-14-35-63(59)66-64(55)60/h1-43H. The zero-order valence-corrected chi connectivity index (χ0v) is 36.2. The largest absolute Gasteiger partial charge is 0.455 e. The van der Waals surface area contributed by atoms with Gasteiger partial charge in [0, 0.05) is 33.3 Å². The van der Waals surface area contributed by atoms with Crippen LogP contribution in [-0.2, 0) is 0 Å². The summed E-state index contributed by atoms with van der Waals surface area (Å²) < 4.78 is 6.52. The van der Waals surface area contributed by atoms with Gasteiger partial charge in [-0.25, -0.2) is 0 Å². The van der Waals surface area contributed by atoms with Crippen molar-refractivity contribution in [3.05, 3.63) is 261 Å². The normalized spacial score (nSPS) is 11.3. The zero-order valence-electron chi connectivity index (χ0n) is 36.2. The molecule has 12 rings (SSSR count). The third-order valence-electron chi connectivity index (χ3n) is 12.9. The van der Waals surface area contributed by atoms with Gasteiger partial charge < -0.3 is 9.32 Å². The van der Waals surface area contributed by atoms with Crippen LogP contribution < -0.4 is 4.90 Å². The van der Waals surface area contributed by atoms with Crippen molar-refractivity contribution in [1.82, 2.24) is 0 Å². The molecule has 11 aromatic carbocycles. The van der Waals surface area contributed by atoms with Crippen molar-refractivity contribution in [2.75, 3.05) is 4.90 Å². The Labute approximate surface area is 384 Å². The topological polar surface area (TPSA) is 16.4 Å². The molecule has 66 heavy (non-hydrogen) atoms. The molecule has 0 aliphatic carbocycles. The third-order valence-corrected chi connectivity index (χ3v) is 12.9. The van der Waals surface area contributed by atoms with Crippen LogP contribution in [0.25, 0.3) is 99.5 Å². The van der Waals surface area contributed by atoms with Gasteiger partial charge in [-0.05, 0) is 109 Å². The number of para-hydroxylation sites is 3. The molecular formula is C64H43NO. The first-order chi connectivity index (χ1) is 32.7. The van der Waals surface area contributed by atoms with Crippen molar-refractivity contribution in [3.63, 3.8) is 0 Å². The van der Waals surface area contributed by atoms with Gasteiger partial charge in [0.2, 0.25) is 0 Å². The van der Waals surface area contributed by atoms with Crippen LogP contribution in [0.3, 0.4) is 0 Å². The first-order valence-corrected chi connectivity index (χ1v) is 22.6. The fourth-order valence-corrected chi connectivity index (χ4v) is 9.78. The van der Waals surface area contributed by atoms with E-state index in [4.69, 9.17) is 4.42 Å². The van der Waals surface area contributed by atoms with Crippen LogP contribution in [0.4, 0.5) is 17.1 Å². The van der Waals surface area contributed by atoms with Crippen LogP contribution in [0.1, 0.15) is 0 Å². The minimum absolute atomic E-state index is 0.896. The van der Waals surface area contributed by atoms with E-state index in [9.17, 15) is 0 Å². The molecule has 1 heterocycles. The minimum atomic E-state index is 0.896. The maximum absolute atomic E-state index is 6.52. The Balaban J connectivity index is 1.07. The van der Waals surface area contributed by atoms with E-state index in [0.717, 1.165) is 72.4 Å². The quantitative estimate of drug-likeness (QED) is 0.144. The van der Waals surface area contributed by atoms with Gasteiger partial charge in [0.1, 0.15) is 11.2 Å². The Bertz CT molecular complexity index is 3690. The van der Waals surface area contributed by atoms with Crippen molar-refractivity contribution in [2.24, 2.45) is 0 Å². The van der Waals surface area contributed by atoms with E-state index in [2.05, 4.69) is 254 Å². The van der Waals surface area contributed by atoms with Crippen molar-refractivity contribution >= 4 is 49.8 Å². The molecule has 0 saturated heterocycles. The summed E-state index contributed by atoms with van der Waals surface area (Å²) in [6.07, 6.45) is 0. The molecule has 0 unspecified atom stereocenters. The fraction of sp³-hybridized carbons (Fsp3) is 0. The average Bonchev–Trinajstić information content (AvgIpc) is 3.79. The summed E-state index contributed by atoms with van der Waals surface area (Å²) in [6.45, 7) is 0. The first-order valence-electron chi connectivity index (χ1n) is 22.6. The van der Waals surface area contributed by atoms with Crippen LogP contribution in [0, 0.1) is 0 Å². The van der Waals surface area contributed by atoms with E-state index in [0.29, 0.717) is 0 Å². The van der Waals surface area contributed by atoms with Crippen LogP contribution in [0.5, 0.6) is 0 Å². The van der Waals surface area contributed by atoms with Gasteiger partial charge in [0.05, 0.1) is 5.69 Å². The van der Waals surface area contributed by atoms with Gasteiger partial charge in [0.15, 0.2) is 0 Å². The molecule has 0 atom stereocenters.